The van der Waals surface area contributed by atoms with Crippen LogP contribution in [0.5, 0.6) is 0 Å². The van der Waals surface area contributed by atoms with Crippen LogP contribution in [0.2, 0.25) is 0 Å². The first-order chi connectivity index (χ1) is 10.2. The van der Waals surface area contributed by atoms with Gasteiger partial charge in [0.2, 0.25) is 0 Å². The van der Waals surface area contributed by atoms with Crippen LogP contribution in [0.1, 0.15) is 24.7 Å². The van der Waals surface area contributed by atoms with E-state index in [1.165, 1.54) is 12.4 Å². The number of hydrogen-bond donors (Lipinski definition) is 2. The summed E-state index contributed by atoms with van der Waals surface area (Å²) in [5.74, 6) is 4.62. The zero-order chi connectivity index (χ0) is 15.2. The molecule has 0 aliphatic rings. The third kappa shape index (κ3) is 3.83. The minimum atomic E-state index is -0.850. The molecule has 0 aliphatic carbocycles. The Bertz CT molecular complexity index is 584. The molecule has 0 amide bonds. The molecule has 7 heteroatoms. The second-order valence-electron chi connectivity index (χ2n) is 4.88. The molecule has 1 heterocycles. The molecule has 0 saturated carbocycles. The molecule has 1 unspecified atom stereocenters. The molecule has 0 radical (unpaired) electrons. The van der Waals surface area contributed by atoms with Crippen molar-refractivity contribution < 1.29 is 8.78 Å². The molecule has 114 valence electrons. The number of nitrogens with two attached hydrogens (primary N) is 1. The molecule has 0 spiro atoms. The van der Waals surface area contributed by atoms with Crippen LogP contribution in [-0.4, -0.2) is 20.8 Å². The maximum Gasteiger partial charge on any atom is 0.162 e. The second-order valence-corrected chi connectivity index (χ2v) is 4.88. The normalized spacial score (nSPS) is 12.6. The van der Waals surface area contributed by atoms with Crippen molar-refractivity contribution in [3.63, 3.8) is 0 Å². The van der Waals surface area contributed by atoms with Gasteiger partial charge in [0.25, 0.3) is 0 Å². The Labute approximate surface area is 122 Å². The Kier molecular flexibility index (Phi) is 5.35. The van der Waals surface area contributed by atoms with Gasteiger partial charge >= 0.3 is 0 Å². The molecule has 0 bridgehead atoms. The number of nitrogens with zero attached hydrogens (tertiary/aromatic N) is 3. The van der Waals surface area contributed by atoms with E-state index in [9.17, 15) is 8.78 Å². The summed E-state index contributed by atoms with van der Waals surface area (Å²) in [5, 5.41) is 4.13. The molecular weight excluding hydrogens is 276 g/mol. The number of hydrogen-bond acceptors (Lipinski definition) is 4. The van der Waals surface area contributed by atoms with Crippen molar-refractivity contribution in [3.05, 3.63) is 47.5 Å². The lowest BCUT2D eigenvalue weighted by molar-refractivity contribution is 0.459. The van der Waals surface area contributed by atoms with Crippen LogP contribution in [0.25, 0.3) is 0 Å². The predicted molar refractivity (Wildman–Crippen MR) is 75.2 cm³/mol. The number of halogens is 2. The molecule has 0 aliphatic heterocycles. The fraction of sp³-hybridized carbons (Fsp3) is 0.429. The number of benzene rings is 1. The summed E-state index contributed by atoms with van der Waals surface area (Å²) in [6, 6.07) is 3.89. The lowest BCUT2D eigenvalue weighted by Crippen LogP contribution is -2.39. The van der Waals surface area contributed by atoms with E-state index in [1.54, 1.807) is 10.7 Å². The summed E-state index contributed by atoms with van der Waals surface area (Å²) < 4.78 is 28.7. The Morgan fingerprint density at radius 1 is 1.33 bits per heavy atom. The van der Waals surface area contributed by atoms with E-state index in [1.807, 2.05) is 6.92 Å². The van der Waals surface area contributed by atoms with Gasteiger partial charge in [-0.3, -0.25) is 16.0 Å². The van der Waals surface area contributed by atoms with E-state index in [2.05, 4.69) is 15.5 Å². The highest BCUT2D eigenvalue weighted by Gasteiger charge is 2.16. The number of aromatic nitrogens is 3. The van der Waals surface area contributed by atoms with Gasteiger partial charge in [0.15, 0.2) is 11.6 Å². The fourth-order valence-electron chi connectivity index (χ4n) is 2.23. The van der Waals surface area contributed by atoms with E-state index in [0.29, 0.717) is 12.0 Å². The molecule has 2 rings (SSSR count). The van der Waals surface area contributed by atoms with Crippen molar-refractivity contribution in [2.24, 2.45) is 5.84 Å². The summed E-state index contributed by atoms with van der Waals surface area (Å²) in [4.78, 5) is 4.19. The maximum absolute atomic E-state index is 13.7. The average Bonchev–Trinajstić information content (AvgIpc) is 2.90. The van der Waals surface area contributed by atoms with Gasteiger partial charge in [-0.15, -0.1) is 0 Å². The van der Waals surface area contributed by atoms with Gasteiger partial charge in [-0.2, -0.15) is 5.10 Å². The molecule has 0 saturated heterocycles. The van der Waals surface area contributed by atoms with E-state index in [0.717, 1.165) is 24.9 Å². The summed E-state index contributed by atoms with van der Waals surface area (Å²) in [5.41, 5.74) is 2.93. The number of hydrazine groups is 1. The minimum absolute atomic E-state index is 0.249. The topological polar surface area (TPSA) is 68.8 Å². The molecule has 3 N–H and O–H groups in total. The number of aryl methyl sites for hydroxylation is 1. The maximum atomic E-state index is 13.7. The molecular formula is C14H19F2N5. The van der Waals surface area contributed by atoms with E-state index in [4.69, 9.17) is 5.84 Å². The van der Waals surface area contributed by atoms with Gasteiger partial charge in [-0.25, -0.2) is 13.8 Å². The van der Waals surface area contributed by atoms with Crippen LogP contribution >= 0.6 is 0 Å². The van der Waals surface area contributed by atoms with Crippen LogP contribution in [0.3, 0.4) is 0 Å². The summed E-state index contributed by atoms with van der Waals surface area (Å²) >= 11 is 0. The van der Waals surface area contributed by atoms with E-state index in [-0.39, 0.29) is 12.5 Å². The van der Waals surface area contributed by atoms with Crippen molar-refractivity contribution in [3.8, 4) is 0 Å². The molecule has 1 atom stereocenters. The smallest absolute Gasteiger partial charge is 0.162 e. The molecule has 21 heavy (non-hydrogen) atoms. The number of rotatable bonds is 7. The highest BCUT2D eigenvalue weighted by Crippen LogP contribution is 2.14. The minimum Gasteiger partial charge on any atom is -0.271 e. The van der Waals surface area contributed by atoms with Gasteiger partial charge in [-0.05, 0) is 24.5 Å². The van der Waals surface area contributed by atoms with Gasteiger partial charge < -0.3 is 0 Å². The second kappa shape index (κ2) is 7.24. The van der Waals surface area contributed by atoms with Crippen LogP contribution < -0.4 is 11.3 Å². The molecule has 2 aromatic rings. The summed E-state index contributed by atoms with van der Waals surface area (Å²) in [6.45, 7) is 2.81. The SMILES string of the molecule is CCCn1ncnc1CC(Cc1cccc(F)c1F)NN. The van der Waals surface area contributed by atoms with Crippen LogP contribution in [0.15, 0.2) is 24.5 Å². The highest BCUT2D eigenvalue weighted by atomic mass is 19.2. The van der Waals surface area contributed by atoms with Crippen molar-refractivity contribution in [1.29, 1.82) is 0 Å². The zero-order valence-corrected chi connectivity index (χ0v) is 11.9. The first-order valence-corrected chi connectivity index (χ1v) is 6.91. The van der Waals surface area contributed by atoms with Crippen molar-refractivity contribution in [2.45, 2.75) is 38.8 Å². The Hall–Kier alpha value is -1.86. The molecule has 1 aromatic heterocycles. The van der Waals surface area contributed by atoms with E-state index < -0.39 is 11.6 Å². The quantitative estimate of drug-likeness (QED) is 0.601. The van der Waals surface area contributed by atoms with Gasteiger partial charge in [0.1, 0.15) is 12.2 Å². The molecule has 5 nitrogen and oxygen atoms in total. The predicted octanol–water partition coefficient (Wildman–Crippen LogP) is 1.58. The third-order valence-electron chi connectivity index (χ3n) is 3.29. The Morgan fingerprint density at radius 3 is 2.86 bits per heavy atom. The number of nitrogens with one attached hydrogen (secondary N) is 1. The van der Waals surface area contributed by atoms with Crippen molar-refractivity contribution in [2.75, 3.05) is 0 Å². The zero-order valence-electron chi connectivity index (χ0n) is 11.9. The van der Waals surface area contributed by atoms with E-state index >= 15 is 0 Å². The average molecular weight is 295 g/mol. The van der Waals surface area contributed by atoms with Crippen molar-refractivity contribution >= 4 is 0 Å². The summed E-state index contributed by atoms with van der Waals surface area (Å²) in [7, 11) is 0. The standard InChI is InChI=1S/C14H19F2N5/c1-2-6-21-13(18-9-19-21)8-11(20-17)7-10-4-3-5-12(15)14(10)16/h3-5,9,11,20H,2,6-8,17H2,1H3. The fourth-order valence-corrected chi connectivity index (χ4v) is 2.23. The van der Waals surface area contributed by atoms with Crippen LogP contribution in [0, 0.1) is 11.6 Å². The van der Waals surface area contributed by atoms with Gasteiger partial charge in [-0.1, -0.05) is 19.1 Å². The lowest BCUT2D eigenvalue weighted by atomic mass is 10.0. The largest absolute Gasteiger partial charge is 0.271 e. The first kappa shape index (κ1) is 15.5. The molecule has 1 aromatic carbocycles. The van der Waals surface area contributed by atoms with Crippen LogP contribution in [-0.2, 0) is 19.4 Å². The van der Waals surface area contributed by atoms with Crippen LogP contribution in [0.4, 0.5) is 8.78 Å². The lowest BCUT2D eigenvalue weighted by Gasteiger charge is -2.16. The van der Waals surface area contributed by atoms with Gasteiger partial charge in [0.05, 0.1) is 0 Å². The Morgan fingerprint density at radius 2 is 2.14 bits per heavy atom. The van der Waals surface area contributed by atoms with Gasteiger partial charge in [0, 0.05) is 19.0 Å². The first-order valence-electron chi connectivity index (χ1n) is 6.91. The molecule has 0 fully saturated rings. The third-order valence-corrected chi connectivity index (χ3v) is 3.29. The highest BCUT2D eigenvalue weighted by molar-refractivity contribution is 5.20. The monoisotopic (exact) mass is 295 g/mol. The van der Waals surface area contributed by atoms with Crippen molar-refractivity contribution in [1.82, 2.24) is 20.2 Å². The summed E-state index contributed by atoms with van der Waals surface area (Å²) in [6.07, 6.45) is 3.20. The Balaban J connectivity index is 2.09.